The van der Waals surface area contributed by atoms with Crippen molar-refractivity contribution in [2.24, 2.45) is 23.2 Å². The molecule has 0 spiro atoms. The molecule has 4 atom stereocenters. The van der Waals surface area contributed by atoms with Crippen LogP contribution in [-0.4, -0.2) is 24.0 Å². The van der Waals surface area contributed by atoms with Crippen LogP contribution in [0.15, 0.2) is 0 Å². The highest BCUT2D eigenvalue weighted by Gasteiger charge is 2.63. The average Bonchev–Trinajstić information content (AvgIpc) is 2.48. The van der Waals surface area contributed by atoms with E-state index in [-0.39, 0.29) is 29.0 Å². The molecule has 4 nitrogen and oxygen atoms in total. The van der Waals surface area contributed by atoms with Crippen LogP contribution < -0.4 is 0 Å². The number of Topliss-reactive ketones (excluding diaryl/α,β-unsaturated/α-hetero) is 1. The molecule has 2 bridgehead atoms. The van der Waals surface area contributed by atoms with Crippen molar-refractivity contribution >= 4 is 15.9 Å². The zero-order chi connectivity index (χ0) is 11.6. The molecule has 0 heterocycles. The molecular weight excluding hydrogens is 216 g/mol. The van der Waals surface area contributed by atoms with Gasteiger partial charge in [0.1, 0.15) is 5.25 Å². The maximum Gasteiger partial charge on any atom is 0.275 e. The predicted octanol–water partition coefficient (Wildman–Crippen LogP) is 1.12. The van der Waals surface area contributed by atoms with Crippen LogP contribution in [-0.2, 0) is 14.9 Å². The van der Waals surface area contributed by atoms with Gasteiger partial charge in [-0.15, -0.1) is 0 Å². The van der Waals surface area contributed by atoms with Crippen molar-refractivity contribution < 1.29 is 17.8 Å². The Morgan fingerprint density at radius 2 is 1.93 bits per heavy atom. The van der Waals surface area contributed by atoms with Gasteiger partial charge in [-0.1, -0.05) is 20.8 Å². The van der Waals surface area contributed by atoms with E-state index in [9.17, 15) is 13.2 Å². The van der Waals surface area contributed by atoms with Gasteiger partial charge < -0.3 is 0 Å². The largest absolute Gasteiger partial charge is 0.298 e. The predicted molar refractivity (Wildman–Crippen MR) is 54.9 cm³/mol. The van der Waals surface area contributed by atoms with Gasteiger partial charge in [-0.3, -0.25) is 9.35 Å². The number of carbonyl (C=O) groups excluding carboxylic acids is 1. The van der Waals surface area contributed by atoms with Gasteiger partial charge in [0.25, 0.3) is 10.1 Å². The summed E-state index contributed by atoms with van der Waals surface area (Å²) in [7, 11) is -4.23. The van der Waals surface area contributed by atoms with E-state index in [1.807, 2.05) is 20.8 Å². The van der Waals surface area contributed by atoms with E-state index in [2.05, 4.69) is 0 Å². The molecule has 2 fully saturated rings. The van der Waals surface area contributed by atoms with E-state index in [0.717, 1.165) is 0 Å². The van der Waals surface area contributed by atoms with E-state index in [1.54, 1.807) is 0 Å². The van der Waals surface area contributed by atoms with Crippen LogP contribution in [0.3, 0.4) is 0 Å². The normalized spacial score (nSPS) is 43.6. The fourth-order valence-corrected chi connectivity index (χ4v) is 4.62. The first-order valence-electron chi connectivity index (χ1n) is 5.17. The summed E-state index contributed by atoms with van der Waals surface area (Å²) in [5.41, 5.74) is -0.182. The van der Waals surface area contributed by atoms with Crippen molar-refractivity contribution in [2.45, 2.75) is 32.4 Å². The molecule has 2 rings (SSSR count). The third-order valence-electron chi connectivity index (χ3n) is 4.57. The van der Waals surface area contributed by atoms with Gasteiger partial charge in [-0.2, -0.15) is 8.42 Å². The molecule has 2 aliphatic rings. The van der Waals surface area contributed by atoms with Gasteiger partial charge in [-0.05, 0) is 23.7 Å². The summed E-state index contributed by atoms with van der Waals surface area (Å²) in [6, 6.07) is 0. The summed E-state index contributed by atoms with van der Waals surface area (Å²) in [4.78, 5) is 11.8. The number of fused-ring (bicyclic) bond motifs is 2. The molecule has 2 aliphatic carbocycles. The number of hydrogen-bond acceptors (Lipinski definition) is 3. The van der Waals surface area contributed by atoms with Gasteiger partial charge >= 0.3 is 0 Å². The van der Waals surface area contributed by atoms with E-state index >= 15 is 0 Å². The standard InChI is InChI=1S/C10H16O4S/c1-5-6-4-7(10(5,2)3)9(8(6)11)15(12,13)14/h5-7,9H,4H2,1-3H3,(H,12,13,14)/t5-,6+,7-,9+/m1/s1. The van der Waals surface area contributed by atoms with Gasteiger partial charge in [0.15, 0.2) is 5.78 Å². The van der Waals surface area contributed by atoms with Crippen molar-refractivity contribution in [3.05, 3.63) is 0 Å². The molecule has 0 radical (unpaired) electrons. The average molecular weight is 232 g/mol. The molecule has 0 saturated heterocycles. The van der Waals surface area contributed by atoms with Crippen molar-refractivity contribution in [3.63, 3.8) is 0 Å². The Kier molecular flexibility index (Phi) is 2.09. The molecule has 5 heteroatoms. The summed E-state index contributed by atoms with van der Waals surface area (Å²) in [6.45, 7) is 5.95. The summed E-state index contributed by atoms with van der Waals surface area (Å²) < 4.78 is 31.4. The lowest BCUT2D eigenvalue weighted by Crippen LogP contribution is -2.46. The van der Waals surface area contributed by atoms with Crippen LogP contribution in [0, 0.1) is 23.2 Å². The van der Waals surface area contributed by atoms with Gasteiger partial charge in [0.2, 0.25) is 0 Å². The fourth-order valence-electron chi connectivity index (χ4n) is 3.28. The quantitative estimate of drug-likeness (QED) is 0.688. The number of rotatable bonds is 1. The Bertz CT molecular complexity index is 409. The molecule has 1 N–H and O–H groups in total. The van der Waals surface area contributed by atoms with Gasteiger partial charge in [0.05, 0.1) is 0 Å². The molecule has 0 aliphatic heterocycles. The summed E-state index contributed by atoms with van der Waals surface area (Å²) >= 11 is 0. The van der Waals surface area contributed by atoms with E-state index < -0.39 is 15.4 Å². The van der Waals surface area contributed by atoms with Crippen LogP contribution in [0.4, 0.5) is 0 Å². The zero-order valence-electron chi connectivity index (χ0n) is 9.10. The molecule has 0 aromatic heterocycles. The van der Waals surface area contributed by atoms with Crippen molar-refractivity contribution in [2.75, 3.05) is 0 Å². The van der Waals surface area contributed by atoms with Gasteiger partial charge in [-0.25, -0.2) is 0 Å². The monoisotopic (exact) mass is 232 g/mol. The highest BCUT2D eigenvalue weighted by Crippen LogP contribution is 2.58. The summed E-state index contributed by atoms with van der Waals surface area (Å²) in [5, 5.41) is -1.17. The first-order valence-corrected chi connectivity index (χ1v) is 6.67. The lowest BCUT2D eigenvalue weighted by molar-refractivity contribution is -0.125. The minimum Gasteiger partial charge on any atom is -0.298 e. The second-order valence-electron chi connectivity index (χ2n) is 5.40. The van der Waals surface area contributed by atoms with E-state index in [1.165, 1.54) is 0 Å². The summed E-state index contributed by atoms with van der Waals surface area (Å²) in [6.07, 6.45) is 0.609. The smallest absolute Gasteiger partial charge is 0.275 e. The van der Waals surface area contributed by atoms with Crippen LogP contribution >= 0.6 is 0 Å². The van der Waals surface area contributed by atoms with Crippen LogP contribution in [0.2, 0.25) is 0 Å². The van der Waals surface area contributed by atoms with Crippen LogP contribution in [0.25, 0.3) is 0 Å². The first-order chi connectivity index (χ1) is 6.67. The fraction of sp³-hybridized carbons (Fsp3) is 0.900. The Morgan fingerprint density at radius 3 is 2.33 bits per heavy atom. The Morgan fingerprint density at radius 1 is 1.40 bits per heavy atom. The maximum absolute atomic E-state index is 11.8. The maximum atomic E-state index is 11.8. The Balaban J connectivity index is 2.46. The SMILES string of the molecule is C[C@@H]1[C@@H]2C[C@H]([C@H](S(=O)(=O)O)C2=O)C1(C)C. The van der Waals surface area contributed by atoms with Crippen molar-refractivity contribution in [1.29, 1.82) is 0 Å². The Labute approximate surface area is 89.8 Å². The lowest BCUT2D eigenvalue weighted by Gasteiger charge is -2.38. The third kappa shape index (κ3) is 1.29. The summed E-state index contributed by atoms with van der Waals surface area (Å²) in [5.74, 6) is -0.487. The van der Waals surface area contributed by atoms with Crippen molar-refractivity contribution in [3.8, 4) is 0 Å². The molecule has 86 valence electrons. The molecule has 15 heavy (non-hydrogen) atoms. The number of carbonyl (C=O) groups is 1. The van der Waals surface area contributed by atoms with Gasteiger partial charge in [0, 0.05) is 5.92 Å². The minimum absolute atomic E-state index is 0.182. The van der Waals surface area contributed by atoms with E-state index in [4.69, 9.17) is 4.55 Å². The zero-order valence-corrected chi connectivity index (χ0v) is 9.91. The lowest BCUT2D eigenvalue weighted by atomic mass is 9.69. The minimum atomic E-state index is -4.23. The highest BCUT2D eigenvalue weighted by atomic mass is 32.2. The molecular formula is C10H16O4S. The third-order valence-corrected chi connectivity index (χ3v) is 5.78. The molecule has 0 unspecified atom stereocenters. The molecule has 0 amide bonds. The molecule has 0 aromatic rings. The second kappa shape index (κ2) is 2.83. The van der Waals surface area contributed by atoms with Crippen LogP contribution in [0.1, 0.15) is 27.2 Å². The Hall–Kier alpha value is -0.420. The first kappa shape index (κ1) is 11.1. The topological polar surface area (TPSA) is 71.4 Å². The second-order valence-corrected chi connectivity index (χ2v) is 6.93. The number of ketones is 1. The molecule has 0 aromatic carbocycles. The van der Waals surface area contributed by atoms with E-state index in [0.29, 0.717) is 6.42 Å². The van der Waals surface area contributed by atoms with Crippen molar-refractivity contribution in [1.82, 2.24) is 0 Å². The van der Waals surface area contributed by atoms with Crippen LogP contribution in [0.5, 0.6) is 0 Å². The highest BCUT2D eigenvalue weighted by molar-refractivity contribution is 7.87. The molecule has 2 saturated carbocycles. The number of hydrogen-bond donors (Lipinski definition) is 1.